The predicted molar refractivity (Wildman–Crippen MR) is 77.2 cm³/mol. The highest BCUT2D eigenvalue weighted by Gasteiger charge is 2.14. The molecule has 1 aromatic heterocycles. The molecule has 3 aromatic rings. The van der Waals surface area contributed by atoms with Crippen molar-refractivity contribution >= 4 is 21.6 Å². The third kappa shape index (κ3) is 2.42. The van der Waals surface area contributed by atoms with Crippen molar-refractivity contribution in [3.8, 4) is 22.8 Å². The van der Waals surface area contributed by atoms with Crippen LogP contribution in [0.1, 0.15) is 0 Å². The molecule has 0 amide bonds. The van der Waals surface area contributed by atoms with Crippen molar-refractivity contribution in [3.05, 3.63) is 52.8 Å². The fourth-order valence-electron chi connectivity index (χ4n) is 1.79. The minimum atomic E-state index is -0.429. The van der Waals surface area contributed by atoms with E-state index < -0.39 is 5.82 Å². The number of halogens is 2. The Morgan fingerprint density at radius 2 is 2.00 bits per heavy atom. The average Bonchev–Trinajstić information content (AvgIpc) is 2.88. The number of rotatable bonds is 2. The Morgan fingerprint density at radius 3 is 2.75 bits per heavy atom. The Labute approximate surface area is 122 Å². The molecule has 0 aliphatic carbocycles. The summed E-state index contributed by atoms with van der Waals surface area (Å²) in [6, 6.07) is 11.7. The summed E-state index contributed by atoms with van der Waals surface area (Å²) in [6.45, 7) is 0. The summed E-state index contributed by atoms with van der Waals surface area (Å²) in [6.07, 6.45) is 0. The van der Waals surface area contributed by atoms with Gasteiger partial charge in [0.25, 0.3) is 5.89 Å². The quantitative estimate of drug-likeness (QED) is 0.722. The monoisotopic (exact) mass is 333 g/mol. The molecule has 0 aliphatic heterocycles. The van der Waals surface area contributed by atoms with E-state index >= 15 is 0 Å². The predicted octanol–water partition coefficient (Wildman–Crippen LogP) is 3.89. The van der Waals surface area contributed by atoms with Crippen LogP contribution in [-0.2, 0) is 0 Å². The molecule has 20 heavy (non-hydrogen) atoms. The number of benzene rings is 2. The first-order valence-electron chi connectivity index (χ1n) is 5.78. The van der Waals surface area contributed by atoms with Crippen LogP contribution in [0.4, 0.5) is 10.1 Å². The normalized spacial score (nSPS) is 10.7. The molecule has 0 fully saturated rings. The van der Waals surface area contributed by atoms with E-state index in [2.05, 4.69) is 26.1 Å². The van der Waals surface area contributed by atoms with Crippen LogP contribution in [0.25, 0.3) is 22.8 Å². The smallest absolute Gasteiger partial charge is 0.261 e. The van der Waals surface area contributed by atoms with Crippen LogP contribution in [-0.4, -0.2) is 10.1 Å². The average molecular weight is 334 g/mol. The van der Waals surface area contributed by atoms with Gasteiger partial charge in [-0.3, -0.25) is 0 Å². The van der Waals surface area contributed by atoms with Gasteiger partial charge < -0.3 is 10.3 Å². The molecular formula is C14H9BrFN3O. The van der Waals surface area contributed by atoms with Crippen molar-refractivity contribution in [2.24, 2.45) is 0 Å². The fraction of sp³-hybridized carbons (Fsp3) is 0. The number of anilines is 1. The Morgan fingerprint density at radius 1 is 1.15 bits per heavy atom. The van der Waals surface area contributed by atoms with Crippen molar-refractivity contribution in [2.75, 3.05) is 5.73 Å². The first kappa shape index (κ1) is 12.8. The lowest BCUT2D eigenvalue weighted by molar-refractivity contribution is 0.429. The van der Waals surface area contributed by atoms with Crippen LogP contribution < -0.4 is 5.73 Å². The molecule has 0 radical (unpaired) electrons. The molecule has 100 valence electrons. The van der Waals surface area contributed by atoms with E-state index in [9.17, 15) is 4.39 Å². The first-order valence-corrected chi connectivity index (χ1v) is 6.58. The maximum atomic E-state index is 13.8. The van der Waals surface area contributed by atoms with Crippen molar-refractivity contribution < 1.29 is 8.91 Å². The molecule has 3 rings (SSSR count). The van der Waals surface area contributed by atoms with Crippen LogP contribution >= 0.6 is 15.9 Å². The highest BCUT2D eigenvalue weighted by molar-refractivity contribution is 9.10. The Hall–Kier alpha value is -2.21. The highest BCUT2D eigenvalue weighted by atomic mass is 79.9. The Balaban J connectivity index is 2.02. The van der Waals surface area contributed by atoms with Gasteiger partial charge in [-0.1, -0.05) is 33.2 Å². The summed E-state index contributed by atoms with van der Waals surface area (Å²) in [5.74, 6) is 0.0733. The number of hydrogen-bond donors (Lipinski definition) is 1. The second-order valence-corrected chi connectivity index (χ2v) is 5.09. The summed E-state index contributed by atoms with van der Waals surface area (Å²) >= 11 is 3.20. The van der Waals surface area contributed by atoms with E-state index in [1.165, 1.54) is 6.07 Å². The maximum absolute atomic E-state index is 13.8. The third-order valence-corrected chi connectivity index (χ3v) is 3.23. The minimum absolute atomic E-state index is 0.132. The lowest BCUT2D eigenvalue weighted by Crippen LogP contribution is -1.87. The Kier molecular flexibility index (Phi) is 3.23. The number of aromatic nitrogens is 2. The number of nitrogens with zero attached hydrogens (tertiary/aromatic N) is 2. The second-order valence-electron chi connectivity index (χ2n) is 4.17. The molecule has 0 bridgehead atoms. The van der Waals surface area contributed by atoms with Gasteiger partial charge in [0.1, 0.15) is 5.82 Å². The van der Waals surface area contributed by atoms with Crippen molar-refractivity contribution in [2.45, 2.75) is 0 Å². The molecule has 2 N–H and O–H groups in total. The van der Waals surface area contributed by atoms with Crippen LogP contribution in [0, 0.1) is 5.82 Å². The molecule has 4 nitrogen and oxygen atoms in total. The molecule has 1 heterocycles. The van der Waals surface area contributed by atoms with Gasteiger partial charge in [0, 0.05) is 15.7 Å². The SMILES string of the molecule is Nc1cccc(-c2noc(-c3ccc(Br)cc3F)n2)c1. The van der Waals surface area contributed by atoms with Crippen LogP contribution in [0.15, 0.2) is 51.5 Å². The van der Waals surface area contributed by atoms with Crippen molar-refractivity contribution in [1.29, 1.82) is 0 Å². The van der Waals surface area contributed by atoms with Gasteiger partial charge in [0.2, 0.25) is 5.82 Å². The van der Waals surface area contributed by atoms with Crippen molar-refractivity contribution in [3.63, 3.8) is 0 Å². The molecular weight excluding hydrogens is 325 g/mol. The Bertz CT molecular complexity index is 773. The van der Waals surface area contributed by atoms with Gasteiger partial charge in [-0.15, -0.1) is 0 Å². The molecule has 0 atom stereocenters. The van der Waals surface area contributed by atoms with Gasteiger partial charge in [0.05, 0.1) is 5.56 Å². The van der Waals surface area contributed by atoms with E-state index in [1.807, 2.05) is 6.07 Å². The fourth-order valence-corrected chi connectivity index (χ4v) is 2.12. The molecule has 0 unspecified atom stereocenters. The zero-order chi connectivity index (χ0) is 14.1. The standard InChI is InChI=1S/C14H9BrFN3O/c15-9-4-5-11(12(16)7-9)14-18-13(19-20-14)8-2-1-3-10(17)6-8/h1-7H,17H2. The minimum Gasteiger partial charge on any atom is -0.399 e. The molecule has 6 heteroatoms. The molecule has 0 aliphatic rings. The summed E-state index contributed by atoms with van der Waals surface area (Å²) in [5.41, 5.74) is 7.28. The van der Waals surface area contributed by atoms with Gasteiger partial charge in [-0.2, -0.15) is 4.98 Å². The lowest BCUT2D eigenvalue weighted by atomic mass is 10.2. The van der Waals surface area contributed by atoms with Crippen LogP contribution in [0.2, 0.25) is 0 Å². The molecule has 2 aromatic carbocycles. The van der Waals surface area contributed by atoms with Gasteiger partial charge in [-0.05, 0) is 30.3 Å². The number of nitrogen functional groups attached to an aromatic ring is 1. The second kappa shape index (κ2) is 5.05. The van der Waals surface area contributed by atoms with Crippen molar-refractivity contribution in [1.82, 2.24) is 10.1 Å². The third-order valence-electron chi connectivity index (χ3n) is 2.73. The van der Waals surface area contributed by atoms with E-state index in [0.29, 0.717) is 16.0 Å². The summed E-state index contributed by atoms with van der Waals surface area (Å²) < 4.78 is 19.6. The maximum Gasteiger partial charge on any atom is 0.261 e. The van der Waals surface area contributed by atoms with Crippen LogP contribution in [0.3, 0.4) is 0 Å². The van der Waals surface area contributed by atoms with Gasteiger partial charge in [-0.25, -0.2) is 4.39 Å². The van der Waals surface area contributed by atoms with E-state index in [1.54, 1.807) is 30.3 Å². The summed E-state index contributed by atoms with van der Waals surface area (Å²) in [5, 5.41) is 3.85. The number of nitrogens with two attached hydrogens (primary N) is 1. The first-order chi connectivity index (χ1) is 9.63. The lowest BCUT2D eigenvalue weighted by Gasteiger charge is -1.97. The van der Waals surface area contributed by atoms with Crippen LogP contribution in [0.5, 0.6) is 0 Å². The largest absolute Gasteiger partial charge is 0.399 e. The zero-order valence-electron chi connectivity index (χ0n) is 10.2. The van der Waals surface area contributed by atoms with E-state index in [-0.39, 0.29) is 11.5 Å². The van der Waals surface area contributed by atoms with Gasteiger partial charge in [0.15, 0.2) is 0 Å². The van der Waals surface area contributed by atoms with E-state index in [4.69, 9.17) is 10.3 Å². The summed E-state index contributed by atoms with van der Waals surface area (Å²) in [7, 11) is 0. The molecule has 0 saturated heterocycles. The van der Waals surface area contributed by atoms with Gasteiger partial charge >= 0.3 is 0 Å². The molecule has 0 saturated carbocycles. The number of hydrogen-bond acceptors (Lipinski definition) is 4. The summed E-state index contributed by atoms with van der Waals surface area (Å²) in [4.78, 5) is 4.19. The molecule has 0 spiro atoms. The topological polar surface area (TPSA) is 64.9 Å². The van der Waals surface area contributed by atoms with E-state index in [0.717, 1.165) is 5.56 Å². The highest BCUT2D eigenvalue weighted by Crippen LogP contribution is 2.26. The zero-order valence-corrected chi connectivity index (χ0v) is 11.8.